The van der Waals surface area contributed by atoms with Gasteiger partial charge in [-0.25, -0.2) is 4.79 Å². The van der Waals surface area contributed by atoms with Gasteiger partial charge in [-0.1, -0.05) is 4.40 Å². The lowest BCUT2D eigenvalue weighted by Gasteiger charge is -2.18. The smallest absolute Gasteiger partial charge is 0.340 e. The maximum Gasteiger partial charge on any atom is 0.340 e. The number of carbonyl (C=O) groups excluding carboxylic acids is 1. The first-order chi connectivity index (χ1) is 9.40. The van der Waals surface area contributed by atoms with Crippen molar-refractivity contribution < 1.29 is 14.1 Å². The van der Waals surface area contributed by atoms with E-state index in [9.17, 15) is 9.35 Å². The summed E-state index contributed by atoms with van der Waals surface area (Å²) in [6.07, 6.45) is 3.20. The molecule has 0 bridgehead atoms. The van der Waals surface area contributed by atoms with Crippen molar-refractivity contribution >= 4 is 23.5 Å². The normalized spacial score (nSPS) is 14.5. The zero-order chi connectivity index (χ0) is 16.4. The van der Waals surface area contributed by atoms with E-state index in [0.29, 0.717) is 11.3 Å². The predicted octanol–water partition coefficient (Wildman–Crippen LogP) is 2.86. The molecule has 21 heavy (non-hydrogen) atoms. The molecular formula is C15H24N2O3S. The van der Waals surface area contributed by atoms with Crippen LogP contribution in [0.25, 0.3) is 0 Å². The molecule has 1 aromatic heterocycles. The van der Waals surface area contributed by atoms with Crippen LogP contribution in [-0.2, 0) is 23.1 Å². The minimum absolute atomic E-state index is 0.380. The van der Waals surface area contributed by atoms with E-state index in [1.54, 1.807) is 23.9 Å². The van der Waals surface area contributed by atoms with Gasteiger partial charge in [-0.15, -0.1) is 0 Å². The Balaban J connectivity index is 2.89. The van der Waals surface area contributed by atoms with Crippen LogP contribution in [0.15, 0.2) is 16.7 Å². The standard InChI is InChI=1S/C15H24N2O3S/c1-14(2,3)20-13(18)11-8-12(17(7)10-11)9-16-21(19)15(4,5)6/h8-10H,1-7H3/b16-9+. The number of rotatable bonds is 3. The van der Waals surface area contributed by atoms with Crippen molar-refractivity contribution in [1.82, 2.24) is 4.57 Å². The van der Waals surface area contributed by atoms with Crippen molar-refractivity contribution in [3.8, 4) is 0 Å². The molecule has 0 saturated carbocycles. The number of hydrogen-bond acceptors (Lipinski definition) is 4. The van der Waals surface area contributed by atoms with Crippen LogP contribution in [-0.4, -0.2) is 31.7 Å². The molecule has 0 N–H and O–H groups in total. The van der Waals surface area contributed by atoms with Gasteiger partial charge in [-0.2, -0.15) is 0 Å². The second-order valence-electron chi connectivity index (χ2n) is 6.86. The summed E-state index contributed by atoms with van der Waals surface area (Å²) >= 11 is -1.32. The van der Waals surface area contributed by atoms with Crippen LogP contribution in [0.5, 0.6) is 0 Å². The van der Waals surface area contributed by atoms with Crippen LogP contribution in [0.4, 0.5) is 0 Å². The Bertz CT molecular complexity index is 536. The minimum atomic E-state index is -1.32. The summed E-state index contributed by atoms with van der Waals surface area (Å²) in [5.41, 5.74) is 0.624. The van der Waals surface area contributed by atoms with Crippen molar-refractivity contribution in [3.63, 3.8) is 0 Å². The Kier molecular flexibility index (Phi) is 5.28. The Labute approximate surface area is 129 Å². The largest absolute Gasteiger partial charge is 0.591 e. The molecule has 6 heteroatoms. The van der Waals surface area contributed by atoms with E-state index in [1.165, 1.54) is 6.21 Å². The lowest BCUT2D eigenvalue weighted by atomic mass is 10.2. The van der Waals surface area contributed by atoms with Gasteiger partial charge in [-0.3, -0.25) is 0 Å². The monoisotopic (exact) mass is 312 g/mol. The van der Waals surface area contributed by atoms with Crippen molar-refractivity contribution in [2.45, 2.75) is 51.9 Å². The number of hydrogen-bond donors (Lipinski definition) is 0. The van der Waals surface area contributed by atoms with Crippen molar-refractivity contribution in [3.05, 3.63) is 23.5 Å². The molecule has 1 atom stereocenters. The SMILES string of the molecule is Cn1cc(C(=O)OC(C)(C)C)cc1/C=N/[S+]([O-])C(C)(C)C. The molecule has 1 aromatic rings. The molecule has 0 spiro atoms. The molecular weight excluding hydrogens is 288 g/mol. The van der Waals surface area contributed by atoms with Crippen molar-refractivity contribution in [1.29, 1.82) is 0 Å². The second-order valence-corrected chi connectivity index (χ2v) is 8.80. The van der Waals surface area contributed by atoms with Gasteiger partial charge in [0.25, 0.3) is 0 Å². The summed E-state index contributed by atoms with van der Waals surface area (Å²) in [5.74, 6) is -0.380. The van der Waals surface area contributed by atoms with Crippen LogP contribution in [0.2, 0.25) is 0 Å². The number of aryl methyl sites for hydroxylation is 1. The molecule has 5 nitrogen and oxygen atoms in total. The molecule has 0 amide bonds. The molecule has 118 valence electrons. The van der Waals surface area contributed by atoms with Crippen molar-refractivity contribution in [2.24, 2.45) is 11.4 Å². The van der Waals surface area contributed by atoms with Gasteiger partial charge in [0.15, 0.2) is 0 Å². The molecule has 0 aromatic carbocycles. The maximum absolute atomic E-state index is 12.0. The fraction of sp³-hybridized carbons (Fsp3) is 0.600. The summed E-state index contributed by atoms with van der Waals surface area (Å²) in [6, 6.07) is 1.68. The molecule has 0 saturated heterocycles. The highest BCUT2D eigenvalue weighted by molar-refractivity contribution is 7.91. The molecule has 0 aliphatic carbocycles. The average Bonchev–Trinajstić information content (AvgIpc) is 2.64. The average molecular weight is 312 g/mol. The fourth-order valence-electron chi connectivity index (χ4n) is 1.42. The Morgan fingerprint density at radius 1 is 1.33 bits per heavy atom. The van der Waals surface area contributed by atoms with Crippen LogP contribution in [0.3, 0.4) is 0 Å². The first-order valence-corrected chi connectivity index (χ1v) is 7.86. The van der Waals surface area contributed by atoms with E-state index in [0.717, 1.165) is 0 Å². The van der Waals surface area contributed by atoms with Crippen LogP contribution < -0.4 is 0 Å². The lowest BCUT2D eigenvalue weighted by molar-refractivity contribution is 0.00695. The number of ether oxygens (including phenoxy) is 1. The number of carbonyl (C=O) groups is 1. The van der Waals surface area contributed by atoms with E-state index in [4.69, 9.17) is 4.74 Å². The van der Waals surface area contributed by atoms with Crippen LogP contribution >= 0.6 is 0 Å². The van der Waals surface area contributed by atoms with Crippen LogP contribution in [0.1, 0.15) is 57.6 Å². The molecule has 1 unspecified atom stereocenters. The first kappa shape index (κ1) is 17.8. The van der Waals surface area contributed by atoms with E-state index >= 15 is 0 Å². The van der Waals surface area contributed by atoms with E-state index < -0.39 is 21.7 Å². The van der Waals surface area contributed by atoms with Crippen molar-refractivity contribution in [2.75, 3.05) is 0 Å². The summed E-state index contributed by atoms with van der Waals surface area (Å²) in [4.78, 5) is 12.0. The molecule has 0 radical (unpaired) electrons. The Morgan fingerprint density at radius 2 is 1.90 bits per heavy atom. The van der Waals surface area contributed by atoms with Gasteiger partial charge in [0.2, 0.25) is 0 Å². The molecule has 0 fully saturated rings. The highest BCUT2D eigenvalue weighted by Gasteiger charge is 2.26. The summed E-state index contributed by atoms with van der Waals surface area (Å²) < 4.78 is 22.6. The van der Waals surface area contributed by atoms with Gasteiger partial charge in [0.05, 0.1) is 11.3 Å². The summed E-state index contributed by atoms with van der Waals surface area (Å²) in [5, 5.41) is 0. The zero-order valence-electron chi connectivity index (χ0n) is 13.8. The van der Waals surface area contributed by atoms with Gasteiger partial charge >= 0.3 is 5.97 Å². The second kappa shape index (κ2) is 6.23. The highest BCUT2D eigenvalue weighted by Crippen LogP contribution is 2.18. The van der Waals surface area contributed by atoms with Gasteiger partial charge in [0, 0.05) is 13.2 Å². The third kappa shape index (κ3) is 5.55. The lowest BCUT2D eigenvalue weighted by Crippen LogP contribution is -2.25. The quantitative estimate of drug-likeness (QED) is 0.489. The molecule has 0 aliphatic rings. The third-order valence-corrected chi connectivity index (χ3v) is 3.83. The Hall–Kier alpha value is -1.27. The van der Waals surface area contributed by atoms with Gasteiger partial charge in [0.1, 0.15) is 27.9 Å². The summed E-state index contributed by atoms with van der Waals surface area (Å²) in [7, 11) is 1.80. The molecule has 1 heterocycles. The van der Waals surface area contributed by atoms with E-state index in [2.05, 4.69) is 4.40 Å². The predicted molar refractivity (Wildman–Crippen MR) is 86.1 cm³/mol. The van der Waals surface area contributed by atoms with Gasteiger partial charge < -0.3 is 13.9 Å². The number of esters is 1. The van der Waals surface area contributed by atoms with E-state index in [-0.39, 0.29) is 5.97 Å². The maximum atomic E-state index is 12.0. The minimum Gasteiger partial charge on any atom is -0.591 e. The highest BCUT2D eigenvalue weighted by atomic mass is 32.2. The molecule has 0 aliphatic heterocycles. The zero-order valence-corrected chi connectivity index (χ0v) is 14.6. The van der Waals surface area contributed by atoms with Gasteiger partial charge in [-0.05, 0) is 47.6 Å². The van der Waals surface area contributed by atoms with Crippen LogP contribution in [0, 0.1) is 0 Å². The third-order valence-electron chi connectivity index (χ3n) is 2.48. The first-order valence-electron chi connectivity index (χ1n) is 6.76. The summed E-state index contributed by atoms with van der Waals surface area (Å²) in [6.45, 7) is 11.0. The fourth-order valence-corrected chi connectivity index (χ4v) is 1.94. The number of nitrogens with zero attached hydrogens (tertiary/aromatic N) is 2. The van der Waals surface area contributed by atoms with E-state index in [1.807, 2.05) is 41.5 Å². The Morgan fingerprint density at radius 3 is 2.38 bits per heavy atom. The molecule has 1 rings (SSSR count). The number of aromatic nitrogens is 1. The topological polar surface area (TPSA) is 66.7 Å².